The molecule has 0 bridgehead atoms. The second-order valence-electron chi connectivity index (χ2n) is 5.70. The third-order valence-electron chi connectivity index (χ3n) is 3.83. The van der Waals surface area contributed by atoms with Crippen molar-refractivity contribution < 1.29 is 42.2 Å². The van der Waals surface area contributed by atoms with Crippen molar-refractivity contribution in [3.05, 3.63) is 42.6 Å². The van der Waals surface area contributed by atoms with E-state index < -0.39 is 46.1 Å². The van der Waals surface area contributed by atoms with Crippen LogP contribution in [0.2, 0.25) is 0 Å². The van der Waals surface area contributed by atoms with Crippen LogP contribution >= 0.6 is 0 Å². The summed E-state index contributed by atoms with van der Waals surface area (Å²) in [5.74, 6) is -0.719. The number of hydrogen-bond acceptors (Lipinski definition) is 9. The first-order valence-corrected chi connectivity index (χ1v) is 9.08. The minimum Gasteiger partial charge on any atom is -0.460 e. The molecule has 1 unspecified atom stereocenters. The van der Waals surface area contributed by atoms with Crippen molar-refractivity contribution >= 4 is 10.1 Å². The van der Waals surface area contributed by atoms with Gasteiger partial charge in [-0.3, -0.25) is 9.54 Å². The Labute approximate surface area is 152 Å². The minimum atomic E-state index is -4.91. The Balaban J connectivity index is 1.91. The summed E-state index contributed by atoms with van der Waals surface area (Å²) in [7, 11) is -4.91. The highest BCUT2D eigenvalue weighted by molar-refractivity contribution is 7.86. The molecule has 0 amide bonds. The van der Waals surface area contributed by atoms with Crippen LogP contribution in [0.3, 0.4) is 0 Å². The largest absolute Gasteiger partial charge is 0.460 e. The Morgan fingerprint density at radius 2 is 1.81 bits per heavy atom. The maximum absolute atomic E-state index is 13.0. The molecule has 1 fully saturated rings. The minimum absolute atomic E-state index is 0.00682. The molecule has 2 aromatic rings. The summed E-state index contributed by atoms with van der Waals surface area (Å²) < 4.78 is 55.2. The highest BCUT2D eigenvalue weighted by Crippen LogP contribution is 2.31. The van der Waals surface area contributed by atoms with E-state index in [9.17, 15) is 28.1 Å². The first kappa shape index (κ1) is 19.5. The molecule has 1 aliphatic heterocycles. The third-order valence-corrected chi connectivity index (χ3v) is 4.81. The quantitative estimate of drug-likeness (QED) is 0.381. The molecule has 3 rings (SSSR count). The van der Waals surface area contributed by atoms with Gasteiger partial charge in [0.15, 0.2) is 0 Å². The van der Waals surface area contributed by atoms with Crippen LogP contribution in [0.4, 0.5) is 4.39 Å². The van der Waals surface area contributed by atoms with Crippen LogP contribution in [0, 0.1) is 5.95 Å². The van der Waals surface area contributed by atoms with Crippen LogP contribution < -0.4 is 4.74 Å². The number of aliphatic hydroxyl groups is 3. The molecule has 0 saturated carbocycles. The molecule has 0 aromatic carbocycles. The standard InChI is InChI=1S/C15H15FN2O8S/c16-9-4-3-7(6-18-9)10-8(2-1-5-17-10)25-14-12(20)11(19)13(21)15(26-14)27(22,23)24/h1-6,11-15,19-21H,(H,22,23,24)/t11-,12-,13+,14-,15?/m1/s1. The highest BCUT2D eigenvalue weighted by Gasteiger charge is 2.50. The van der Waals surface area contributed by atoms with Crippen LogP contribution in [0.25, 0.3) is 11.3 Å². The molecule has 1 saturated heterocycles. The van der Waals surface area contributed by atoms with Crippen LogP contribution in [-0.4, -0.2) is 68.3 Å². The van der Waals surface area contributed by atoms with E-state index in [4.69, 9.17) is 14.0 Å². The van der Waals surface area contributed by atoms with E-state index in [1.54, 1.807) is 0 Å². The lowest BCUT2D eigenvalue weighted by Gasteiger charge is -2.38. The molecule has 5 atom stereocenters. The second-order valence-corrected chi connectivity index (χ2v) is 7.19. The van der Waals surface area contributed by atoms with Gasteiger partial charge in [0.1, 0.15) is 29.8 Å². The second kappa shape index (κ2) is 7.42. The maximum atomic E-state index is 13.0. The van der Waals surface area contributed by atoms with E-state index in [0.29, 0.717) is 5.56 Å². The SMILES string of the molecule is O=S(=O)(O)C1O[C@@H](Oc2cccnc2-c2ccc(F)nc2)[C@H](O)[C@@H](O)[C@@H]1O. The van der Waals surface area contributed by atoms with Gasteiger partial charge in [0, 0.05) is 18.0 Å². The topological polar surface area (TPSA) is 159 Å². The summed E-state index contributed by atoms with van der Waals surface area (Å²) in [6, 6.07) is 5.33. The molecular weight excluding hydrogens is 387 g/mol. The summed E-state index contributed by atoms with van der Waals surface area (Å²) in [6.45, 7) is 0. The molecule has 27 heavy (non-hydrogen) atoms. The maximum Gasteiger partial charge on any atom is 0.295 e. The number of ether oxygens (including phenoxy) is 2. The van der Waals surface area contributed by atoms with Gasteiger partial charge in [-0.05, 0) is 24.3 Å². The molecule has 0 spiro atoms. The van der Waals surface area contributed by atoms with Gasteiger partial charge in [-0.2, -0.15) is 12.8 Å². The molecule has 1 aliphatic rings. The molecule has 2 aromatic heterocycles. The molecule has 0 radical (unpaired) electrons. The fraction of sp³-hybridized carbons (Fsp3) is 0.333. The van der Waals surface area contributed by atoms with Crippen LogP contribution in [-0.2, 0) is 14.9 Å². The Morgan fingerprint density at radius 1 is 1.07 bits per heavy atom. The lowest BCUT2D eigenvalue weighted by molar-refractivity contribution is -0.254. The summed E-state index contributed by atoms with van der Waals surface area (Å²) in [4.78, 5) is 7.56. The van der Waals surface area contributed by atoms with E-state index >= 15 is 0 Å². The molecule has 0 aliphatic carbocycles. The lowest BCUT2D eigenvalue weighted by atomic mass is 10.1. The number of nitrogens with zero attached hydrogens (tertiary/aromatic N) is 2. The molecular formula is C15H15FN2O8S. The van der Waals surface area contributed by atoms with Crippen molar-refractivity contribution in [3.8, 4) is 17.0 Å². The van der Waals surface area contributed by atoms with E-state index in [1.807, 2.05) is 0 Å². The Bertz CT molecular complexity index is 910. The van der Waals surface area contributed by atoms with Crippen molar-refractivity contribution in [3.63, 3.8) is 0 Å². The first-order chi connectivity index (χ1) is 12.7. The van der Waals surface area contributed by atoms with Crippen LogP contribution in [0.1, 0.15) is 0 Å². The third kappa shape index (κ3) is 4.05. The monoisotopic (exact) mass is 402 g/mol. The van der Waals surface area contributed by atoms with Gasteiger partial charge in [0.25, 0.3) is 10.1 Å². The number of halogens is 1. The van der Waals surface area contributed by atoms with Gasteiger partial charge in [0.05, 0.1) is 0 Å². The Kier molecular flexibility index (Phi) is 5.37. The highest BCUT2D eigenvalue weighted by atomic mass is 32.2. The smallest absolute Gasteiger partial charge is 0.295 e. The first-order valence-electron chi connectivity index (χ1n) is 7.58. The number of rotatable bonds is 4. The summed E-state index contributed by atoms with van der Waals surface area (Å²) in [5.41, 5.74) is -1.71. The van der Waals surface area contributed by atoms with E-state index in [-0.39, 0.29) is 11.4 Å². The van der Waals surface area contributed by atoms with Gasteiger partial charge in [0.2, 0.25) is 17.7 Å². The van der Waals surface area contributed by atoms with Crippen molar-refractivity contribution in [2.45, 2.75) is 30.0 Å². The zero-order chi connectivity index (χ0) is 19.8. The number of aromatic nitrogens is 2. The van der Waals surface area contributed by atoms with Gasteiger partial charge in [-0.1, -0.05) is 0 Å². The molecule has 3 heterocycles. The average molecular weight is 402 g/mol. The average Bonchev–Trinajstić information content (AvgIpc) is 2.62. The predicted molar refractivity (Wildman–Crippen MR) is 86.3 cm³/mol. The summed E-state index contributed by atoms with van der Waals surface area (Å²) in [5, 5.41) is 29.6. The van der Waals surface area contributed by atoms with Gasteiger partial charge in [-0.15, -0.1) is 0 Å². The zero-order valence-corrected chi connectivity index (χ0v) is 14.3. The van der Waals surface area contributed by atoms with Crippen molar-refractivity contribution in [2.24, 2.45) is 0 Å². The molecule has 10 nitrogen and oxygen atoms in total. The van der Waals surface area contributed by atoms with Gasteiger partial charge < -0.3 is 24.8 Å². The van der Waals surface area contributed by atoms with E-state index in [0.717, 1.165) is 6.07 Å². The van der Waals surface area contributed by atoms with E-state index in [2.05, 4.69) is 9.97 Å². The zero-order valence-electron chi connectivity index (χ0n) is 13.5. The summed E-state index contributed by atoms with van der Waals surface area (Å²) >= 11 is 0. The molecule has 12 heteroatoms. The van der Waals surface area contributed by atoms with Crippen molar-refractivity contribution in [2.75, 3.05) is 0 Å². The van der Waals surface area contributed by atoms with E-state index in [1.165, 1.54) is 30.6 Å². The number of aliphatic hydroxyl groups excluding tert-OH is 3. The Hall–Kier alpha value is -2.22. The molecule has 4 N–H and O–H groups in total. The van der Waals surface area contributed by atoms with Crippen LogP contribution in [0.5, 0.6) is 5.75 Å². The summed E-state index contributed by atoms with van der Waals surface area (Å²) in [6.07, 6.45) is -5.07. The number of pyridine rings is 2. The van der Waals surface area contributed by atoms with Gasteiger partial charge >= 0.3 is 0 Å². The fourth-order valence-corrected chi connectivity index (χ4v) is 3.27. The number of hydrogen-bond donors (Lipinski definition) is 4. The van der Waals surface area contributed by atoms with Crippen molar-refractivity contribution in [1.82, 2.24) is 9.97 Å². The van der Waals surface area contributed by atoms with Crippen molar-refractivity contribution in [1.29, 1.82) is 0 Å². The lowest BCUT2D eigenvalue weighted by Crippen LogP contribution is -2.61. The van der Waals surface area contributed by atoms with Crippen LogP contribution in [0.15, 0.2) is 36.7 Å². The predicted octanol–water partition coefficient (Wildman–Crippen LogP) is -0.686. The normalized spacial score (nSPS) is 28.7. The molecule has 146 valence electrons. The Morgan fingerprint density at radius 3 is 2.44 bits per heavy atom. The fourth-order valence-electron chi connectivity index (χ4n) is 2.50. The van der Waals surface area contributed by atoms with Gasteiger partial charge in [-0.25, -0.2) is 4.98 Å².